The van der Waals surface area contributed by atoms with Crippen molar-refractivity contribution in [3.05, 3.63) is 12.4 Å². The van der Waals surface area contributed by atoms with E-state index in [4.69, 9.17) is 0 Å². The van der Waals surface area contributed by atoms with Gasteiger partial charge in [0, 0.05) is 33.8 Å². The fourth-order valence-corrected chi connectivity index (χ4v) is 2.34. The maximum atomic E-state index is 4.36. The first-order chi connectivity index (χ1) is 8.66. The van der Waals surface area contributed by atoms with Crippen molar-refractivity contribution in [1.82, 2.24) is 15.3 Å². The monoisotopic (exact) mass is 249 g/mol. The molecule has 0 unspecified atom stereocenters. The Morgan fingerprint density at radius 2 is 1.83 bits per heavy atom. The van der Waals surface area contributed by atoms with Gasteiger partial charge in [0.1, 0.15) is 18.0 Å². The maximum Gasteiger partial charge on any atom is 0.133 e. The van der Waals surface area contributed by atoms with Crippen LogP contribution in [0.4, 0.5) is 11.6 Å². The second-order valence-corrected chi connectivity index (χ2v) is 5.20. The Balaban J connectivity index is 1.99. The van der Waals surface area contributed by atoms with Crippen molar-refractivity contribution in [3.63, 3.8) is 0 Å². The fourth-order valence-electron chi connectivity index (χ4n) is 2.34. The van der Waals surface area contributed by atoms with Crippen LogP contribution in [0.1, 0.15) is 12.8 Å². The molecule has 1 aliphatic heterocycles. The van der Waals surface area contributed by atoms with Crippen LogP contribution in [0.25, 0.3) is 0 Å². The molecule has 0 atom stereocenters. The summed E-state index contributed by atoms with van der Waals surface area (Å²) in [5, 5.41) is 3.40. The Kier molecular flexibility index (Phi) is 4.36. The molecule has 5 heteroatoms. The van der Waals surface area contributed by atoms with Crippen LogP contribution < -0.4 is 15.1 Å². The quantitative estimate of drug-likeness (QED) is 0.861. The minimum Gasteiger partial charge on any atom is -0.363 e. The van der Waals surface area contributed by atoms with Gasteiger partial charge in [-0.2, -0.15) is 0 Å². The molecular weight excluding hydrogens is 226 g/mol. The molecule has 1 aromatic rings. The number of rotatable bonds is 4. The molecule has 100 valence electrons. The first kappa shape index (κ1) is 13.1. The molecule has 0 bridgehead atoms. The molecule has 1 aliphatic rings. The normalized spacial score (nSPS) is 16.6. The third-order valence-corrected chi connectivity index (χ3v) is 3.48. The van der Waals surface area contributed by atoms with E-state index in [1.54, 1.807) is 6.33 Å². The van der Waals surface area contributed by atoms with Gasteiger partial charge in [-0.05, 0) is 31.8 Å². The Labute approximate surface area is 109 Å². The van der Waals surface area contributed by atoms with Gasteiger partial charge in [0.15, 0.2) is 0 Å². The van der Waals surface area contributed by atoms with E-state index in [2.05, 4.69) is 27.2 Å². The van der Waals surface area contributed by atoms with Crippen LogP contribution in [0.15, 0.2) is 12.4 Å². The van der Waals surface area contributed by atoms with Crippen LogP contribution in [-0.2, 0) is 0 Å². The van der Waals surface area contributed by atoms with Gasteiger partial charge in [-0.15, -0.1) is 0 Å². The van der Waals surface area contributed by atoms with Gasteiger partial charge in [-0.1, -0.05) is 0 Å². The highest BCUT2D eigenvalue weighted by Crippen LogP contribution is 2.18. The smallest absolute Gasteiger partial charge is 0.133 e. The molecule has 0 aliphatic carbocycles. The van der Waals surface area contributed by atoms with E-state index in [0.717, 1.165) is 37.2 Å². The average Bonchev–Trinajstić information content (AvgIpc) is 2.40. The Morgan fingerprint density at radius 1 is 1.17 bits per heavy atom. The van der Waals surface area contributed by atoms with Gasteiger partial charge in [0.2, 0.25) is 0 Å². The minimum atomic E-state index is 0.772. The van der Waals surface area contributed by atoms with Crippen LogP contribution in [-0.4, -0.2) is 50.7 Å². The van der Waals surface area contributed by atoms with E-state index in [1.807, 2.05) is 25.1 Å². The number of aromatic nitrogens is 2. The first-order valence-corrected chi connectivity index (χ1v) is 6.58. The zero-order valence-electron chi connectivity index (χ0n) is 11.6. The molecule has 2 rings (SSSR count). The average molecular weight is 249 g/mol. The highest BCUT2D eigenvalue weighted by atomic mass is 15.2. The van der Waals surface area contributed by atoms with Gasteiger partial charge < -0.3 is 15.1 Å². The van der Waals surface area contributed by atoms with E-state index < -0.39 is 0 Å². The van der Waals surface area contributed by atoms with Crippen LogP contribution in [0.2, 0.25) is 0 Å². The summed E-state index contributed by atoms with van der Waals surface area (Å²) in [5.41, 5.74) is 0. The number of anilines is 2. The van der Waals surface area contributed by atoms with Crippen molar-refractivity contribution in [2.75, 3.05) is 50.6 Å². The van der Waals surface area contributed by atoms with Crippen molar-refractivity contribution >= 4 is 11.6 Å². The maximum absolute atomic E-state index is 4.36. The molecule has 18 heavy (non-hydrogen) atoms. The lowest BCUT2D eigenvalue weighted by molar-refractivity contribution is 0.377. The molecule has 2 heterocycles. The third-order valence-electron chi connectivity index (χ3n) is 3.48. The molecule has 0 saturated carbocycles. The van der Waals surface area contributed by atoms with E-state index >= 15 is 0 Å². The third kappa shape index (κ3) is 3.32. The van der Waals surface area contributed by atoms with Crippen LogP contribution in [0.5, 0.6) is 0 Å². The van der Waals surface area contributed by atoms with Crippen molar-refractivity contribution in [3.8, 4) is 0 Å². The predicted octanol–water partition coefficient (Wildman–Crippen LogP) is 0.978. The second kappa shape index (κ2) is 6.00. The van der Waals surface area contributed by atoms with Crippen molar-refractivity contribution in [2.24, 2.45) is 5.92 Å². The van der Waals surface area contributed by atoms with Gasteiger partial charge in [-0.3, -0.25) is 0 Å². The number of piperidine rings is 1. The molecule has 0 amide bonds. The number of nitrogens with zero attached hydrogens (tertiary/aromatic N) is 4. The van der Waals surface area contributed by atoms with Gasteiger partial charge >= 0.3 is 0 Å². The highest BCUT2D eigenvalue weighted by molar-refractivity contribution is 5.48. The Bertz CT molecular complexity index is 373. The Hall–Kier alpha value is -1.36. The second-order valence-electron chi connectivity index (χ2n) is 5.20. The molecule has 1 saturated heterocycles. The van der Waals surface area contributed by atoms with Crippen molar-refractivity contribution < 1.29 is 0 Å². The van der Waals surface area contributed by atoms with Crippen LogP contribution in [0.3, 0.4) is 0 Å². The van der Waals surface area contributed by atoms with Crippen molar-refractivity contribution in [2.45, 2.75) is 12.8 Å². The fraction of sp³-hybridized carbons (Fsp3) is 0.692. The number of hydrogen-bond acceptors (Lipinski definition) is 5. The summed E-state index contributed by atoms with van der Waals surface area (Å²) in [4.78, 5) is 12.9. The van der Waals surface area contributed by atoms with Crippen molar-refractivity contribution in [1.29, 1.82) is 0 Å². The Morgan fingerprint density at radius 3 is 2.50 bits per heavy atom. The summed E-state index contributed by atoms with van der Waals surface area (Å²) in [5.74, 6) is 2.73. The summed E-state index contributed by atoms with van der Waals surface area (Å²) in [6.45, 7) is 3.36. The molecular formula is C13H23N5. The zero-order valence-corrected chi connectivity index (χ0v) is 11.6. The zero-order chi connectivity index (χ0) is 13.0. The van der Waals surface area contributed by atoms with Crippen LogP contribution >= 0.6 is 0 Å². The lowest BCUT2D eigenvalue weighted by Gasteiger charge is -2.28. The van der Waals surface area contributed by atoms with Gasteiger partial charge in [0.05, 0.1) is 0 Å². The molecule has 0 spiro atoms. The molecule has 5 nitrogen and oxygen atoms in total. The van der Waals surface area contributed by atoms with Crippen LogP contribution in [0, 0.1) is 5.92 Å². The minimum absolute atomic E-state index is 0.772. The standard InChI is InChI=1S/C13H23N5/c1-17(2)12-8-13(16-10-15-12)18(3)9-11-4-6-14-7-5-11/h8,10-11,14H,4-7,9H2,1-3H3. The van der Waals surface area contributed by atoms with Gasteiger partial charge in [0.25, 0.3) is 0 Å². The first-order valence-electron chi connectivity index (χ1n) is 6.58. The molecule has 1 fully saturated rings. The molecule has 1 N–H and O–H groups in total. The lowest BCUT2D eigenvalue weighted by Crippen LogP contribution is -2.34. The summed E-state index contributed by atoms with van der Waals surface area (Å²) in [6, 6.07) is 2.04. The number of nitrogens with one attached hydrogen (secondary N) is 1. The van der Waals surface area contributed by atoms with E-state index in [1.165, 1.54) is 12.8 Å². The molecule has 1 aromatic heterocycles. The molecule has 0 radical (unpaired) electrons. The van der Waals surface area contributed by atoms with E-state index in [-0.39, 0.29) is 0 Å². The largest absolute Gasteiger partial charge is 0.363 e. The topological polar surface area (TPSA) is 44.3 Å². The van der Waals surface area contributed by atoms with E-state index in [0.29, 0.717) is 0 Å². The van der Waals surface area contributed by atoms with E-state index in [9.17, 15) is 0 Å². The highest BCUT2D eigenvalue weighted by Gasteiger charge is 2.16. The molecule has 0 aromatic carbocycles. The van der Waals surface area contributed by atoms with Gasteiger partial charge in [-0.25, -0.2) is 9.97 Å². The summed E-state index contributed by atoms with van der Waals surface area (Å²) >= 11 is 0. The summed E-state index contributed by atoms with van der Waals surface area (Å²) in [7, 11) is 6.11. The lowest BCUT2D eigenvalue weighted by atomic mass is 9.98. The number of hydrogen-bond donors (Lipinski definition) is 1. The predicted molar refractivity (Wildman–Crippen MR) is 75.2 cm³/mol. The SMILES string of the molecule is CN(C)c1cc(N(C)CC2CCNCC2)ncn1. The summed E-state index contributed by atoms with van der Waals surface area (Å²) in [6.07, 6.45) is 4.16. The summed E-state index contributed by atoms with van der Waals surface area (Å²) < 4.78 is 0.